The van der Waals surface area contributed by atoms with E-state index >= 15 is 0 Å². The maximum absolute atomic E-state index is 12.7. The normalized spacial score (nSPS) is 10.8. The molecule has 0 spiro atoms. The topological polar surface area (TPSA) is 41.6 Å². The van der Waals surface area contributed by atoms with Crippen LogP contribution in [0.3, 0.4) is 0 Å². The SMILES string of the molecule is CCNc1ccc(C(=O)N(CCOC)CC(C)C)c(C)c1. The van der Waals surface area contributed by atoms with Gasteiger partial charge in [-0.2, -0.15) is 0 Å². The molecule has 0 atom stereocenters. The molecular formula is C17H28N2O2. The van der Waals surface area contributed by atoms with Gasteiger partial charge in [-0.1, -0.05) is 13.8 Å². The minimum atomic E-state index is 0.0845. The Hall–Kier alpha value is -1.55. The zero-order chi connectivity index (χ0) is 15.8. The number of amides is 1. The summed E-state index contributed by atoms with van der Waals surface area (Å²) in [5.74, 6) is 0.522. The third kappa shape index (κ3) is 5.38. The molecule has 4 heteroatoms. The number of nitrogens with zero attached hydrogens (tertiary/aromatic N) is 1. The monoisotopic (exact) mass is 292 g/mol. The molecule has 1 amide bonds. The van der Waals surface area contributed by atoms with Crippen molar-refractivity contribution in [2.45, 2.75) is 27.7 Å². The van der Waals surface area contributed by atoms with Crippen LogP contribution in [0.1, 0.15) is 36.7 Å². The lowest BCUT2D eigenvalue weighted by molar-refractivity contribution is 0.0671. The van der Waals surface area contributed by atoms with Crippen molar-refractivity contribution in [1.82, 2.24) is 4.90 Å². The van der Waals surface area contributed by atoms with Crippen molar-refractivity contribution < 1.29 is 9.53 Å². The molecule has 0 saturated heterocycles. The second kappa shape index (κ2) is 8.67. The minimum absolute atomic E-state index is 0.0845. The van der Waals surface area contributed by atoms with E-state index in [1.165, 1.54) is 0 Å². The van der Waals surface area contributed by atoms with Crippen LogP contribution in [-0.4, -0.2) is 44.2 Å². The van der Waals surface area contributed by atoms with E-state index in [4.69, 9.17) is 4.74 Å². The summed E-state index contributed by atoms with van der Waals surface area (Å²) in [5.41, 5.74) is 2.83. The molecule has 0 fully saturated rings. The van der Waals surface area contributed by atoms with E-state index in [-0.39, 0.29) is 5.91 Å². The van der Waals surface area contributed by atoms with E-state index in [1.807, 2.05) is 30.0 Å². The molecule has 0 aliphatic carbocycles. The maximum atomic E-state index is 12.7. The Balaban J connectivity index is 2.91. The first-order valence-electron chi connectivity index (χ1n) is 7.62. The molecule has 0 heterocycles. The Kier molecular flexibility index (Phi) is 7.23. The van der Waals surface area contributed by atoms with Crippen molar-refractivity contribution in [2.24, 2.45) is 5.92 Å². The fraction of sp³-hybridized carbons (Fsp3) is 0.588. The third-order valence-electron chi connectivity index (χ3n) is 3.28. The predicted molar refractivity (Wildman–Crippen MR) is 88.0 cm³/mol. The molecule has 0 aromatic heterocycles. The van der Waals surface area contributed by atoms with Crippen molar-refractivity contribution in [3.63, 3.8) is 0 Å². The van der Waals surface area contributed by atoms with Crippen LogP contribution in [0.15, 0.2) is 18.2 Å². The molecule has 1 aromatic carbocycles. The Morgan fingerprint density at radius 3 is 2.62 bits per heavy atom. The van der Waals surface area contributed by atoms with Crippen LogP contribution in [0.5, 0.6) is 0 Å². The second-order valence-electron chi connectivity index (χ2n) is 5.70. The van der Waals surface area contributed by atoms with Gasteiger partial charge in [0, 0.05) is 38.0 Å². The van der Waals surface area contributed by atoms with Crippen LogP contribution >= 0.6 is 0 Å². The predicted octanol–water partition coefficient (Wildman–Crippen LogP) is 3.17. The number of aryl methyl sites for hydroxylation is 1. The average molecular weight is 292 g/mol. The van der Waals surface area contributed by atoms with Crippen molar-refractivity contribution >= 4 is 11.6 Å². The molecule has 0 unspecified atom stereocenters. The number of methoxy groups -OCH3 is 1. The number of hydrogen-bond acceptors (Lipinski definition) is 3. The first-order chi connectivity index (χ1) is 9.99. The zero-order valence-electron chi connectivity index (χ0n) is 13.9. The lowest BCUT2D eigenvalue weighted by Crippen LogP contribution is -2.37. The summed E-state index contributed by atoms with van der Waals surface area (Å²) in [4.78, 5) is 14.6. The Morgan fingerprint density at radius 2 is 2.10 bits per heavy atom. The van der Waals surface area contributed by atoms with Crippen molar-refractivity contribution in [3.05, 3.63) is 29.3 Å². The number of carbonyl (C=O) groups is 1. The van der Waals surface area contributed by atoms with Crippen molar-refractivity contribution in [2.75, 3.05) is 38.7 Å². The van der Waals surface area contributed by atoms with Crippen LogP contribution in [0.2, 0.25) is 0 Å². The van der Waals surface area contributed by atoms with Gasteiger partial charge in [-0.05, 0) is 43.5 Å². The fourth-order valence-corrected chi connectivity index (χ4v) is 2.31. The number of nitrogens with one attached hydrogen (secondary N) is 1. The summed E-state index contributed by atoms with van der Waals surface area (Å²) in [6.45, 7) is 11.1. The smallest absolute Gasteiger partial charge is 0.254 e. The Bertz CT molecular complexity index is 458. The van der Waals surface area contributed by atoms with Crippen LogP contribution in [-0.2, 0) is 4.74 Å². The van der Waals surface area contributed by atoms with E-state index in [0.29, 0.717) is 19.1 Å². The van der Waals surface area contributed by atoms with Gasteiger partial charge in [-0.15, -0.1) is 0 Å². The molecule has 118 valence electrons. The molecule has 4 nitrogen and oxygen atoms in total. The van der Waals surface area contributed by atoms with Gasteiger partial charge in [-0.3, -0.25) is 4.79 Å². The summed E-state index contributed by atoms with van der Waals surface area (Å²) in [5, 5.41) is 3.27. The molecule has 1 N–H and O–H groups in total. The van der Waals surface area contributed by atoms with Crippen LogP contribution < -0.4 is 5.32 Å². The Labute approximate surface area is 128 Å². The van der Waals surface area contributed by atoms with Gasteiger partial charge in [-0.25, -0.2) is 0 Å². The number of hydrogen-bond donors (Lipinski definition) is 1. The largest absolute Gasteiger partial charge is 0.385 e. The molecule has 0 radical (unpaired) electrons. The van der Waals surface area contributed by atoms with E-state index in [2.05, 4.69) is 26.1 Å². The summed E-state index contributed by atoms with van der Waals surface area (Å²) in [7, 11) is 1.66. The third-order valence-corrected chi connectivity index (χ3v) is 3.28. The van der Waals surface area contributed by atoms with Gasteiger partial charge < -0.3 is 15.0 Å². The quantitative estimate of drug-likeness (QED) is 0.800. The van der Waals surface area contributed by atoms with E-state index in [0.717, 1.165) is 29.9 Å². The first kappa shape index (κ1) is 17.5. The van der Waals surface area contributed by atoms with E-state index < -0.39 is 0 Å². The molecular weight excluding hydrogens is 264 g/mol. The van der Waals surface area contributed by atoms with Crippen molar-refractivity contribution in [1.29, 1.82) is 0 Å². The number of rotatable bonds is 8. The van der Waals surface area contributed by atoms with Gasteiger partial charge in [0.05, 0.1) is 6.61 Å². The molecule has 1 rings (SSSR count). The maximum Gasteiger partial charge on any atom is 0.254 e. The zero-order valence-corrected chi connectivity index (χ0v) is 13.9. The van der Waals surface area contributed by atoms with Crippen LogP contribution in [0.25, 0.3) is 0 Å². The van der Waals surface area contributed by atoms with Gasteiger partial charge >= 0.3 is 0 Å². The number of anilines is 1. The van der Waals surface area contributed by atoms with E-state index in [1.54, 1.807) is 7.11 Å². The van der Waals surface area contributed by atoms with Gasteiger partial charge in [0.2, 0.25) is 0 Å². The van der Waals surface area contributed by atoms with Gasteiger partial charge in [0.25, 0.3) is 5.91 Å². The summed E-state index contributed by atoms with van der Waals surface area (Å²) >= 11 is 0. The highest BCUT2D eigenvalue weighted by Crippen LogP contribution is 2.17. The molecule has 1 aromatic rings. The fourth-order valence-electron chi connectivity index (χ4n) is 2.31. The molecule has 0 aliphatic rings. The second-order valence-corrected chi connectivity index (χ2v) is 5.70. The standard InChI is InChI=1S/C17H28N2O2/c1-6-18-15-7-8-16(14(4)11-15)17(20)19(9-10-21-5)12-13(2)3/h7-8,11,13,18H,6,9-10,12H2,1-5H3. The van der Waals surface area contributed by atoms with Crippen LogP contribution in [0, 0.1) is 12.8 Å². The molecule has 0 aliphatic heterocycles. The van der Waals surface area contributed by atoms with E-state index in [9.17, 15) is 4.79 Å². The lowest BCUT2D eigenvalue weighted by Gasteiger charge is -2.25. The van der Waals surface area contributed by atoms with Gasteiger partial charge in [0.1, 0.15) is 0 Å². The van der Waals surface area contributed by atoms with Gasteiger partial charge in [0.15, 0.2) is 0 Å². The average Bonchev–Trinajstić information content (AvgIpc) is 2.43. The minimum Gasteiger partial charge on any atom is -0.385 e. The first-order valence-corrected chi connectivity index (χ1v) is 7.62. The number of benzene rings is 1. The highest BCUT2D eigenvalue weighted by Gasteiger charge is 2.18. The molecule has 21 heavy (non-hydrogen) atoms. The number of ether oxygens (including phenoxy) is 1. The van der Waals surface area contributed by atoms with Crippen molar-refractivity contribution in [3.8, 4) is 0 Å². The summed E-state index contributed by atoms with van der Waals surface area (Å²) in [6.07, 6.45) is 0. The van der Waals surface area contributed by atoms with Crippen LogP contribution in [0.4, 0.5) is 5.69 Å². The highest BCUT2D eigenvalue weighted by molar-refractivity contribution is 5.96. The summed E-state index contributed by atoms with van der Waals surface area (Å²) < 4.78 is 5.12. The Morgan fingerprint density at radius 1 is 1.38 bits per heavy atom. The molecule has 0 bridgehead atoms. The lowest BCUT2D eigenvalue weighted by atomic mass is 10.1. The summed E-state index contributed by atoms with van der Waals surface area (Å²) in [6, 6.07) is 5.91. The number of carbonyl (C=O) groups excluding carboxylic acids is 1. The molecule has 0 saturated carbocycles. The highest BCUT2D eigenvalue weighted by atomic mass is 16.5.